The van der Waals surface area contributed by atoms with Gasteiger partial charge in [-0.3, -0.25) is 9.59 Å². The number of hydrogen-bond acceptors (Lipinski definition) is 3. The first-order chi connectivity index (χ1) is 7.90. The Hall–Kier alpha value is -0.670. The molecule has 0 heterocycles. The van der Waals surface area contributed by atoms with Crippen LogP contribution in [-0.4, -0.2) is 17.9 Å². The molecule has 2 amide bonds. The third-order valence-electron chi connectivity index (χ3n) is 1.94. The zero-order valence-corrected chi connectivity index (χ0v) is 12.5. The third-order valence-corrected chi connectivity index (χ3v) is 3.31. The summed E-state index contributed by atoms with van der Waals surface area (Å²) in [6.45, 7) is 0. The van der Waals surface area contributed by atoms with Crippen LogP contribution in [0.25, 0.3) is 0 Å². The first-order valence-corrected chi connectivity index (χ1v) is 6.57. The molecule has 0 fully saturated rings. The van der Waals surface area contributed by atoms with Crippen LogP contribution >= 0.6 is 38.5 Å². The molecule has 1 aromatic rings. The van der Waals surface area contributed by atoms with Crippen LogP contribution in [0.3, 0.4) is 0 Å². The molecule has 92 valence electrons. The molecule has 1 rings (SSSR count). The van der Waals surface area contributed by atoms with Gasteiger partial charge < -0.3 is 16.8 Å². The van der Waals surface area contributed by atoms with E-state index in [0.717, 1.165) is 8.04 Å². The third kappa shape index (κ3) is 4.60. The van der Waals surface area contributed by atoms with Gasteiger partial charge in [-0.25, -0.2) is 0 Å². The summed E-state index contributed by atoms with van der Waals surface area (Å²) in [5.74, 6) is -1.04. The van der Waals surface area contributed by atoms with Gasteiger partial charge in [0.15, 0.2) is 0 Å². The average molecular weight is 412 g/mol. The Labute approximate surface area is 121 Å². The maximum Gasteiger partial charge on any atom is 0.241 e. The lowest BCUT2D eigenvalue weighted by atomic mass is 10.2. The lowest BCUT2D eigenvalue weighted by Crippen LogP contribution is -2.39. The fourth-order valence-electron chi connectivity index (χ4n) is 1.13. The SMILES string of the molecule is NC(=O)CC(N)C(=O)Nc1cc(I)ccc1Br. The van der Waals surface area contributed by atoms with Crippen LogP contribution in [-0.2, 0) is 9.59 Å². The van der Waals surface area contributed by atoms with Crippen molar-refractivity contribution in [3.8, 4) is 0 Å². The number of nitrogens with one attached hydrogen (secondary N) is 1. The van der Waals surface area contributed by atoms with Crippen LogP contribution in [0, 0.1) is 3.57 Å². The number of anilines is 1. The minimum absolute atomic E-state index is 0.173. The summed E-state index contributed by atoms with van der Waals surface area (Å²) in [4.78, 5) is 22.3. The molecule has 5 N–H and O–H groups in total. The number of carbonyl (C=O) groups excluding carboxylic acids is 2. The quantitative estimate of drug-likeness (QED) is 0.649. The zero-order chi connectivity index (χ0) is 13.0. The van der Waals surface area contributed by atoms with E-state index in [-0.39, 0.29) is 6.42 Å². The van der Waals surface area contributed by atoms with E-state index in [9.17, 15) is 9.59 Å². The molecule has 5 nitrogen and oxygen atoms in total. The highest BCUT2D eigenvalue weighted by Gasteiger charge is 2.16. The topological polar surface area (TPSA) is 98.2 Å². The van der Waals surface area contributed by atoms with Gasteiger partial charge in [-0.05, 0) is 56.7 Å². The Morgan fingerprint density at radius 3 is 2.71 bits per heavy atom. The summed E-state index contributed by atoms with van der Waals surface area (Å²) in [5, 5.41) is 2.63. The second-order valence-corrected chi connectivity index (χ2v) is 5.49. The van der Waals surface area contributed by atoms with Gasteiger partial charge in [0.25, 0.3) is 0 Å². The second kappa shape index (κ2) is 6.31. The fourth-order valence-corrected chi connectivity index (χ4v) is 1.97. The molecule has 0 aromatic heterocycles. The van der Waals surface area contributed by atoms with Crippen molar-refractivity contribution in [3.05, 3.63) is 26.2 Å². The highest BCUT2D eigenvalue weighted by atomic mass is 127. The zero-order valence-electron chi connectivity index (χ0n) is 8.74. The number of halogens is 2. The van der Waals surface area contributed by atoms with Gasteiger partial charge in [-0.2, -0.15) is 0 Å². The van der Waals surface area contributed by atoms with Crippen molar-refractivity contribution in [3.63, 3.8) is 0 Å². The molecule has 17 heavy (non-hydrogen) atoms. The monoisotopic (exact) mass is 411 g/mol. The van der Waals surface area contributed by atoms with Gasteiger partial charge >= 0.3 is 0 Å². The summed E-state index contributed by atoms with van der Waals surface area (Å²) in [6.07, 6.45) is -0.173. The first kappa shape index (κ1) is 14.4. The Morgan fingerprint density at radius 2 is 2.12 bits per heavy atom. The number of carbonyl (C=O) groups is 2. The molecular formula is C10H11BrIN3O2. The largest absolute Gasteiger partial charge is 0.370 e. The fraction of sp³-hybridized carbons (Fsp3) is 0.200. The van der Waals surface area contributed by atoms with Gasteiger partial charge in [0.05, 0.1) is 18.2 Å². The van der Waals surface area contributed by atoms with E-state index in [4.69, 9.17) is 11.5 Å². The van der Waals surface area contributed by atoms with E-state index < -0.39 is 17.9 Å². The molecule has 0 aliphatic heterocycles. The molecular weight excluding hydrogens is 401 g/mol. The van der Waals surface area contributed by atoms with Crippen LogP contribution in [0.1, 0.15) is 6.42 Å². The Balaban J connectivity index is 2.73. The maximum absolute atomic E-state index is 11.6. The van der Waals surface area contributed by atoms with Crippen molar-refractivity contribution in [2.45, 2.75) is 12.5 Å². The van der Waals surface area contributed by atoms with Crippen molar-refractivity contribution >= 4 is 56.0 Å². The lowest BCUT2D eigenvalue weighted by molar-refractivity contribution is -0.123. The standard InChI is InChI=1S/C10H11BrIN3O2/c11-6-2-1-5(12)3-8(6)15-10(17)7(13)4-9(14)16/h1-3,7H,4,13H2,(H2,14,16)(H,15,17). The second-order valence-electron chi connectivity index (χ2n) is 3.39. The molecule has 0 aliphatic carbocycles. The van der Waals surface area contributed by atoms with E-state index in [1.165, 1.54) is 0 Å². The van der Waals surface area contributed by atoms with Gasteiger partial charge in [-0.1, -0.05) is 0 Å². The van der Waals surface area contributed by atoms with E-state index in [1.807, 2.05) is 12.1 Å². The highest BCUT2D eigenvalue weighted by molar-refractivity contribution is 14.1. The van der Waals surface area contributed by atoms with Crippen molar-refractivity contribution in [2.24, 2.45) is 11.5 Å². The smallest absolute Gasteiger partial charge is 0.241 e. The predicted octanol–water partition coefficient (Wildman–Crippen LogP) is 1.19. The number of rotatable bonds is 4. The molecule has 1 unspecified atom stereocenters. The minimum Gasteiger partial charge on any atom is -0.370 e. The van der Waals surface area contributed by atoms with Crippen molar-refractivity contribution in [1.29, 1.82) is 0 Å². The van der Waals surface area contributed by atoms with Crippen LogP contribution in [0.4, 0.5) is 5.69 Å². The molecule has 0 radical (unpaired) electrons. The van der Waals surface area contributed by atoms with Crippen molar-refractivity contribution < 1.29 is 9.59 Å². The summed E-state index contributed by atoms with van der Waals surface area (Å²) in [5.41, 5.74) is 11.1. The minimum atomic E-state index is -0.933. The number of hydrogen-bond donors (Lipinski definition) is 3. The van der Waals surface area contributed by atoms with E-state index in [2.05, 4.69) is 43.8 Å². The first-order valence-electron chi connectivity index (χ1n) is 4.70. The Kier molecular flexibility index (Phi) is 5.34. The number of amides is 2. The Bertz CT molecular complexity index is 453. The summed E-state index contributed by atoms with van der Waals surface area (Å²) in [6, 6.07) is 4.57. The number of primary amides is 1. The molecule has 0 aliphatic rings. The average Bonchev–Trinajstić information content (AvgIpc) is 2.22. The maximum atomic E-state index is 11.6. The van der Waals surface area contributed by atoms with Crippen LogP contribution < -0.4 is 16.8 Å². The van der Waals surface area contributed by atoms with E-state index >= 15 is 0 Å². The predicted molar refractivity (Wildman–Crippen MR) is 77.3 cm³/mol. The number of benzene rings is 1. The van der Waals surface area contributed by atoms with Crippen molar-refractivity contribution in [2.75, 3.05) is 5.32 Å². The normalized spacial score (nSPS) is 11.9. The molecule has 0 spiro atoms. The lowest BCUT2D eigenvalue weighted by Gasteiger charge is -2.12. The molecule has 7 heteroatoms. The summed E-state index contributed by atoms with van der Waals surface area (Å²) >= 11 is 5.44. The van der Waals surface area contributed by atoms with Gasteiger partial charge in [0, 0.05) is 8.04 Å². The molecule has 0 saturated carbocycles. The van der Waals surface area contributed by atoms with Gasteiger partial charge in [0.1, 0.15) is 0 Å². The van der Waals surface area contributed by atoms with Gasteiger partial charge in [-0.15, -0.1) is 0 Å². The highest BCUT2D eigenvalue weighted by Crippen LogP contribution is 2.24. The van der Waals surface area contributed by atoms with Gasteiger partial charge in [0.2, 0.25) is 11.8 Å². The summed E-state index contributed by atoms with van der Waals surface area (Å²) in [7, 11) is 0. The van der Waals surface area contributed by atoms with E-state index in [0.29, 0.717) is 5.69 Å². The summed E-state index contributed by atoms with van der Waals surface area (Å²) < 4.78 is 1.72. The van der Waals surface area contributed by atoms with Crippen molar-refractivity contribution in [1.82, 2.24) is 0 Å². The van der Waals surface area contributed by atoms with Crippen LogP contribution in [0.5, 0.6) is 0 Å². The molecule has 1 aromatic carbocycles. The molecule has 1 atom stereocenters. The van der Waals surface area contributed by atoms with Crippen LogP contribution in [0.2, 0.25) is 0 Å². The van der Waals surface area contributed by atoms with E-state index in [1.54, 1.807) is 6.07 Å². The van der Waals surface area contributed by atoms with Crippen LogP contribution in [0.15, 0.2) is 22.7 Å². The Morgan fingerprint density at radius 1 is 1.47 bits per heavy atom. The number of nitrogens with two attached hydrogens (primary N) is 2. The molecule has 0 saturated heterocycles. The molecule has 0 bridgehead atoms.